The molecule has 0 spiro atoms. The fraction of sp³-hybridized carbons (Fsp3) is 0.565. The number of hydrogen-bond donors (Lipinski definition) is 3. The van der Waals surface area contributed by atoms with E-state index in [1.165, 1.54) is 42.5 Å². The number of anilines is 2. The van der Waals surface area contributed by atoms with E-state index in [-0.39, 0.29) is 6.17 Å². The van der Waals surface area contributed by atoms with Crippen LogP contribution in [0.2, 0.25) is 0 Å². The summed E-state index contributed by atoms with van der Waals surface area (Å²) in [6, 6.07) is 4.82. The Labute approximate surface area is 179 Å². The van der Waals surface area contributed by atoms with E-state index in [0.717, 1.165) is 50.8 Å². The minimum Gasteiger partial charge on any atom is -0.368 e. The predicted octanol–water partition coefficient (Wildman–Crippen LogP) is 3.01. The van der Waals surface area contributed by atoms with Crippen LogP contribution in [0.4, 0.5) is 11.5 Å². The summed E-state index contributed by atoms with van der Waals surface area (Å²) in [6.07, 6.45) is 14.0. The van der Waals surface area contributed by atoms with Gasteiger partial charge in [-0.3, -0.25) is 0 Å². The van der Waals surface area contributed by atoms with Gasteiger partial charge in [0.1, 0.15) is 12.0 Å². The smallest absolute Gasteiger partial charge is 0.203 e. The monoisotopic (exact) mass is 407 g/mol. The molecule has 1 atom stereocenters. The van der Waals surface area contributed by atoms with Crippen molar-refractivity contribution in [1.82, 2.24) is 20.5 Å². The maximum atomic E-state index is 4.67. The van der Waals surface area contributed by atoms with Gasteiger partial charge in [-0.25, -0.2) is 9.98 Å². The van der Waals surface area contributed by atoms with Crippen LogP contribution < -0.4 is 20.9 Å². The second-order valence-corrected chi connectivity index (χ2v) is 8.70. The molecule has 1 aromatic heterocycles. The van der Waals surface area contributed by atoms with Gasteiger partial charge in [0.2, 0.25) is 5.96 Å². The summed E-state index contributed by atoms with van der Waals surface area (Å²) in [4.78, 5) is 14.2. The third-order valence-corrected chi connectivity index (χ3v) is 6.72. The molecule has 1 unspecified atom stereocenters. The number of pyridine rings is 1. The number of hydrogen-bond acceptors (Lipinski definition) is 7. The second kappa shape index (κ2) is 8.68. The molecule has 0 radical (unpaired) electrons. The summed E-state index contributed by atoms with van der Waals surface area (Å²) in [6.45, 7) is 6.37. The number of nitrogens with one attached hydrogen (secondary N) is 3. The molecular weight excluding hydrogens is 374 g/mol. The third kappa shape index (κ3) is 4.03. The highest BCUT2D eigenvalue weighted by Crippen LogP contribution is 2.34. The van der Waals surface area contributed by atoms with Crippen molar-refractivity contribution in [2.24, 2.45) is 4.99 Å². The van der Waals surface area contributed by atoms with Crippen LogP contribution >= 0.6 is 0 Å². The van der Waals surface area contributed by atoms with Crippen molar-refractivity contribution in [3.8, 4) is 0 Å². The Morgan fingerprint density at radius 1 is 1.17 bits per heavy atom. The standard InChI is InChI=1S/C23H33N7/c1-2-17-13-18-14-26-23(28-22(18)30(16-17)19-5-3-4-6-19)27-21-8-7-20(15-25-21)29-11-9-24-10-12-29/h7-8,14-16,19,22,24H,2-6,9-13H2,1H3,(H2,25,26,27,28). The van der Waals surface area contributed by atoms with Gasteiger partial charge in [0.05, 0.1) is 11.9 Å². The first-order valence-electron chi connectivity index (χ1n) is 11.5. The van der Waals surface area contributed by atoms with Gasteiger partial charge in [-0.05, 0) is 43.4 Å². The molecule has 1 saturated heterocycles. The molecule has 0 amide bonds. The lowest BCUT2D eigenvalue weighted by molar-refractivity contribution is 0.202. The highest BCUT2D eigenvalue weighted by atomic mass is 15.4. The van der Waals surface area contributed by atoms with Crippen molar-refractivity contribution < 1.29 is 0 Å². The predicted molar refractivity (Wildman–Crippen MR) is 122 cm³/mol. The minimum atomic E-state index is 0.198. The van der Waals surface area contributed by atoms with Crippen LogP contribution in [0.1, 0.15) is 45.4 Å². The van der Waals surface area contributed by atoms with E-state index in [1.54, 1.807) is 0 Å². The number of aromatic nitrogens is 1. The van der Waals surface area contributed by atoms with Gasteiger partial charge in [-0.1, -0.05) is 25.3 Å². The highest BCUT2D eigenvalue weighted by molar-refractivity contribution is 5.94. The summed E-state index contributed by atoms with van der Waals surface area (Å²) < 4.78 is 0. The van der Waals surface area contributed by atoms with Gasteiger partial charge >= 0.3 is 0 Å². The highest BCUT2D eigenvalue weighted by Gasteiger charge is 2.34. The number of allylic oxidation sites excluding steroid dienone is 1. The molecule has 3 N–H and O–H groups in total. The number of nitrogens with zero attached hydrogens (tertiary/aromatic N) is 4. The molecule has 7 nitrogen and oxygen atoms in total. The van der Waals surface area contributed by atoms with Crippen molar-refractivity contribution in [2.75, 3.05) is 36.4 Å². The Morgan fingerprint density at radius 3 is 2.73 bits per heavy atom. The van der Waals surface area contributed by atoms with Crippen LogP contribution in [0.5, 0.6) is 0 Å². The molecule has 1 saturated carbocycles. The fourth-order valence-corrected chi connectivity index (χ4v) is 4.97. The first kappa shape index (κ1) is 19.4. The zero-order valence-electron chi connectivity index (χ0n) is 17.9. The van der Waals surface area contributed by atoms with E-state index < -0.39 is 0 Å². The molecular formula is C23H33N7. The minimum absolute atomic E-state index is 0.198. The van der Waals surface area contributed by atoms with Gasteiger partial charge in [-0.2, -0.15) is 0 Å². The average molecular weight is 408 g/mol. The van der Waals surface area contributed by atoms with Crippen LogP contribution in [-0.4, -0.2) is 54.2 Å². The number of rotatable bonds is 4. The van der Waals surface area contributed by atoms with Crippen LogP contribution in [0.3, 0.4) is 0 Å². The van der Waals surface area contributed by atoms with E-state index in [2.05, 4.69) is 61.1 Å². The Balaban J connectivity index is 1.28. The zero-order valence-corrected chi connectivity index (χ0v) is 17.9. The third-order valence-electron chi connectivity index (χ3n) is 6.72. The lowest BCUT2D eigenvalue weighted by Crippen LogP contribution is -2.54. The summed E-state index contributed by atoms with van der Waals surface area (Å²) in [7, 11) is 0. The van der Waals surface area contributed by atoms with Crippen LogP contribution in [0, 0.1) is 0 Å². The Hall–Kier alpha value is -2.54. The zero-order chi connectivity index (χ0) is 20.3. The van der Waals surface area contributed by atoms with Crippen molar-refractivity contribution in [2.45, 2.75) is 57.7 Å². The molecule has 3 aliphatic heterocycles. The molecule has 0 aromatic carbocycles. The first-order valence-corrected chi connectivity index (χ1v) is 11.5. The molecule has 7 heteroatoms. The van der Waals surface area contributed by atoms with Crippen molar-refractivity contribution in [3.63, 3.8) is 0 Å². The summed E-state index contributed by atoms with van der Waals surface area (Å²) in [5.41, 5.74) is 4.05. The van der Waals surface area contributed by atoms with Gasteiger partial charge in [0.15, 0.2) is 0 Å². The Kier molecular flexibility index (Phi) is 5.62. The normalized spacial score (nSPS) is 24.6. The number of aliphatic imine (C=N–C) groups is 1. The van der Waals surface area contributed by atoms with Gasteiger partial charge in [-0.15, -0.1) is 0 Å². The molecule has 1 aliphatic carbocycles. The summed E-state index contributed by atoms with van der Waals surface area (Å²) >= 11 is 0. The largest absolute Gasteiger partial charge is 0.368 e. The molecule has 4 heterocycles. The molecule has 0 bridgehead atoms. The molecule has 30 heavy (non-hydrogen) atoms. The maximum Gasteiger partial charge on any atom is 0.203 e. The maximum absolute atomic E-state index is 4.67. The SMILES string of the molecule is CCC1=CN(C2CCCC2)C2NC(Nc3ccc(N4CCNCC4)cn3)=NC=C2C1. The van der Waals surface area contributed by atoms with E-state index >= 15 is 0 Å². The quantitative estimate of drug-likeness (QED) is 0.713. The van der Waals surface area contributed by atoms with Crippen LogP contribution in [0.15, 0.2) is 46.9 Å². The number of fused-ring (bicyclic) bond motifs is 1. The Morgan fingerprint density at radius 2 is 2.00 bits per heavy atom. The van der Waals surface area contributed by atoms with Gasteiger partial charge in [0.25, 0.3) is 0 Å². The second-order valence-electron chi connectivity index (χ2n) is 8.70. The number of guanidine groups is 1. The summed E-state index contributed by atoms with van der Waals surface area (Å²) in [5, 5.41) is 10.4. The molecule has 1 aromatic rings. The molecule has 4 aliphatic rings. The average Bonchev–Trinajstić information content (AvgIpc) is 3.34. The molecule has 2 fully saturated rings. The lowest BCUT2D eigenvalue weighted by atomic mass is 9.95. The Bertz CT molecular complexity index is 830. The van der Waals surface area contributed by atoms with E-state index in [0.29, 0.717) is 6.04 Å². The van der Waals surface area contributed by atoms with Gasteiger partial charge < -0.3 is 25.8 Å². The molecule has 160 valence electrons. The molecule has 5 rings (SSSR count). The first-order chi connectivity index (χ1) is 14.8. The topological polar surface area (TPSA) is 67.8 Å². The van der Waals surface area contributed by atoms with Crippen molar-refractivity contribution in [3.05, 3.63) is 41.9 Å². The fourth-order valence-electron chi connectivity index (χ4n) is 4.97. The van der Waals surface area contributed by atoms with Gasteiger partial charge in [0, 0.05) is 44.6 Å². The number of piperazine rings is 1. The van der Waals surface area contributed by atoms with Crippen molar-refractivity contribution >= 4 is 17.5 Å². The van der Waals surface area contributed by atoms with Crippen molar-refractivity contribution in [1.29, 1.82) is 0 Å². The van der Waals surface area contributed by atoms with Crippen LogP contribution in [0.25, 0.3) is 0 Å². The van der Waals surface area contributed by atoms with E-state index in [9.17, 15) is 0 Å². The van der Waals surface area contributed by atoms with E-state index in [1.807, 2.05) is 12.3 Å². The van der Waals surface area contributed by atoms with E-state index in [4.69, 9.17) is 0 Å². The van der Waals surface area contributed by atoms with Crippen LogP contribution in [-0.2, 0) is 0 Å². The lowest BCUT2D eigenvalue weighted by Gasteiger charge is -2.43. The summed E-state index contributed by atoms with van der Waals surface area (Å²) in [5.74, 6) is 1.60.